The van der Waals surface area contributed by atoms with Crippen LogP contribution in [0.2, 0.25) is 0 Å². The molecule has 0 heterocycles. The number of alkyl halides is 2. The minimum atomic E-state index is 0.209. The standard InChI is InChI=1S/C7H13Cl2N/c8-6-2-1-5(4-10)7(9)3-6/h5-7H,1-4,10H2. The van der Waals surface area contributed by atoms with Gasteiger partial charge in [-0.1, -0.05) is 0 Å². The minimum Gasteiger partial charge on any atom is -0.330 e. The van der Waals surface area contributed by atoms with E-state index in [2.05, 4.69) is 0 Å². The zero-order valence-corrected chi connectivity index (χ0v) is 7.41. The van der Waals surface area contributed by atoms with Crippen LogP contribution < -0.4 is 5.73 Å². The molecular weight excluding hydrogens is 169 g/mol. The van der Waals surface area contributed by atoms with Crippen molar-refractivity contribution in [1.29, 1.82) is 0 Å². The first-order chi connectivity index (χ1) is 4.74. The molecule has 0 aromatic heterocycles. The van der Waals surface area contributed by atoms with E-state index in [1.54, 1.807) is 0 Å². The summed E-state index contributed by atoms with van der Waals surface area (Å²) >= 11 is 11.9. The fourth-order valence-electron chi connectivity index (χ4n) is 1.40. The van der Waals surface area contributed by atoms with Gasteiger partial charge in [-0.25, -0.2) is 0 Å². The van der Waals surface area contributed by atoms with Crippen LogP contribution in [0.25, 0.3) is 0 Å². The van der Waals surface area contributed by atoms with Gasteiger partial charge in [0.1, 0.15) is 0 Å². The molecule has 0 aromatic carbocycles. The molecule has 1 aliphatic rings. The van der Waals surface area contributed by atoms with E-state index >= 15 is 0 Å². The van der Waals surface area contributed by atoms with Crippen molar-refractivity contribution < 1.29 is 0 Å². The van der Waals surface area contributed by atoms with Crippen LogP contribution in [0.15, 0.2) is 0 Å². The second-order valence-electron chi connectivity index (χ2n) is 2.92. The first-order valence-corrected chi connectivity index (χ1v) is 4.59. The van der Waals surface area contributed by atoms with Crippen molar-refractivity contribution >= 4 is 23.2 Å². The van der Waals surface area contributed by atoms with Crippen LogP contribution in [0.5, 0.6) is 0 Å². The summed E-state index contributed by atoms with van der Waals surface area (Å²) in [6.45, 7) is 0.706. The second-order valence-corrected chi connectivity index (χ2v) is 4.10. The SMILES string of the molecule is NCC1CCC(Cl)CC1Cl. The van der Waals surface area contributed by atoms with Crippen LogP contribution in [-0.2, 0) is 0 Å². The Morgan fingerprint density at radius 1 is 1.30 bits per heavy atom. The molecule has 0 aromatic rings. The van der Waals surface area contributed by atoms with Gasteiger partial charge in [-0.15, -0.1) is 23.2 Å². The zero-order chi connectivity index (χ0) is 7.56. The molecule has 1 saturated carbocycles. The molecule has 2 N–H and O–H groups in total. The highest BCUT2D eigenvalue weighted by molar-refractivity contribution is 6.23. The number of hydrogen-bond donors (Lipinski definition) is 1. The third-order valence-corrected chi connectivity index (χ3v) is 3.08. The molecule has 1 rings (SSSR count). The highest BCUT2D eigenvalue weighted by Crippen LogP contribution is 2.30. The monoisotopic (exact) mass is 181 g/mol. The molecule has 3 heteroatoms. The van der Waals surface area contributed by atoms with Crippen molar-refractivity contribution in [2.75, 3.05) is 6.54 Å². The van der Waals surface area contributed by atoms with Crippen LogP contribution in [0.1, 0.15) is 19.3 Å². The lowest BCUT2D eigenvalue weighted by atomic mass is 9.88. The molecule has 1 fully saturated rings. The van der Waals surface area contributed by atoms with Crippen LogP contribution >= 0.6 is 23.2 Å². The van der Waals surface area contributed by atoms with Gasteiger partial charge in [0.05, 0.1) is 0 Å². The van der Waals surface area contributed by atoms with E-state index in [1.165, 1.54) is 0 Å². The van der Waals surface area contributed by atoms with Gasteiger partial charge in [-0.2, -0.15) is 0 Å². The molecule has 60 valence electrons. The molecule has 3 unspecified atom stereocenters. The summed E-state index contributed by atoms with van der Waals surface area (Å²) in [5.74, 6) is 0.497. The molecule has 10 heavy (non-hydrogen) atoms. The fourth-order valence-corrected chi connectivity index (χ4v) is 2.25. The Morgan fingerprint density at radius 3 is 2.50 bits per heavy atom. The lowest BCUT2D eigenvalue weighted by Crippen LogP contribution is -2.31. The number of nitrogens with two attached hydrogens (primary N) is 1. The molecule has 3 atom stereocenters. The molecule has 0 bridgehead atoms. The quantitative estimate of drug-likeness (QED) is 0.616. The number of rotatable bonds is 1. The Hall–Kier alpha value is 0.540. The summed E-state index contributed by atoms with van der Waals surface area (Å²) in [6.07, 6.45) is 3.09. The summed E-state index contributed by atoms with van der Waals surface area (Å²) in [5, 5.41) is 0.492. The first-order valence-electron chi connectivity index (χ1n) is 3.72. The Bertz CT molecular complexity index is 108. The van der Waals surface area contributed by atoms with Gasteiger partial charge in [0.25, 0.3) is 0 Å². The van der Waals surface area contributed by atoms with Crippen molar-refractivity contribution in [3.63, 3.8) is 0 Å². The Labute approximate surface area is 71.9 Å². The average Bonchev–Trinajstić information content (AvgIpc) is 1.88. The molecule has 0 spiro atoms. The Morgan fingerprint density at radius 2 is 2.00 bits per heavy atom. The fraction of sp³-hybridized carbons (Fsp3) is 1.00. The molecule has 0 saturated heterocycles. The Kier molecular flexibility index (Phi) is 3.28. The highest BCUT2D eigenvalue weighted by Gasteiger charge is 2.26. The third kappa shape index (κ3) is 2.01. The third-order valence-electron chi connectivity index (χ3n) is 2.15. The minimum absolute atomic E-state index is 0.209. The van der Waals surface area contributed by atoms with Crippen molar-refractivity contribution in [2.24, 2.45) is 11.7 Å². The molecule has 1 nitrogen and oxygen atoms in total. The van der Waals surface area contributed by atoms with E-state index < -0.39 is 0 Å². The van der Waals surface area contributed by atoms with Crippen molar-refractivity contribution in [1.82, 2.24) is 0 Å². The second kappa shape index (κ2) is 3.80. The van der Waals surface area contributed by atoms with Crippen LogP contribution in [-0.4, -0.2) is 17.3 Å². The van der Waals surface area contributed by atoms with Gasteiger partial charge in [0.2, 0.25) is 0 Å². The van der Waals surface area contributed by atoms with Crippen LogP contribution in [0, 0.1) is 5.92 Å². The maximum Gasteiger partial charge on any atom is 0.0390 e. The van der Waals surface area contributed by atoms with E-state index in [-0.39, 0.29) is 10.8 Å². The first kappa shape index (κ1) is 8.63. The summed E-state index contributed by atoms with van der Waals surface area (Å²) < 4.78 is 0. The van der Waals surface area contributed by atoms with Gasteiger partial charge in [-0.3, -0.25) is 0 Å². The lowest BCUT2D eigenvalue weighted by molar-refractivity contribution is 0.377. The maximum atomic E-state index is 6.01. The smallest absolute Gasteiger partial charge is 0.0390 e. The van der Waals surface area contributed by atoms with Gasteiger partial charge < -0.3 is 5.73 Å². The largest absolute Gasteiger partial charge is 0.330 e. The molecular formula is C7H13Cl2N. The van der Waals surface area contributed by atoms with Gasteiger partial charge in [-0.05, 0) is 31.7 Å². The van der Waals surface area contributed by atoms with Crippen molar-refractivity contribution in [3.05, 3.63) is 0 Å². The predicted octanol–water partition coefficient (Wildman–Crippen LogP) is 1.96. The lowest BCUT2D eigenvalue weighted by Gasteiger charge is -2.28. The summed E-state index contributed by atoms with van der Waals surface area (Å²) in [4.78, 5) is 0. The van der Waals surface area contributed by atoms with Gasteiger partial charge in [0.15, 0.2) is 0 Å². The zero-order valence-electron chi connectivity index (χ0n) is 5.89. The molecule has 1 aliphatic carbocycles. The molecule has 0 radical (unpaired) electrons. The normalized spacial score (nSPS) is 41.7. The summed E-state index contributed by atoms with van der Waals surface area (Å²) in [6, 6.07) is 0. The van der Waals surface area contributed by atoms with Gasteiger partial charge >= 0.3 is 0 Å². The van der Waals surface area contributed by atoms with E-state index in [4.69, 9.17) is 28.9 Å². The van der Waals surface area contributed by atoms with E-state index in [9.17, 15) is 0 Å². The van der Waals surface area contributed by atoms with Crippen molar-refractivity contribution in [3.8, 4) is 0 Å². The predicted molar refractivity (Wildman–Crippen MR) is 45.7 cm³/mol. The highest BCUT2D eigenvalue weighted by atomic mass is 35.5. The van der Waals surface area contributed by atoms with Crippen LogP contribution in [0.3, 0.4) is 0 Å². The number of hydrogen-bond acceptors (Lipinski definition) is 1. The van der Waals surface area contributed by atoms with Crippen molar-refractivity contribution in [2.45, 2.75) is 30.0 Å². The van der Waals surface area contributed by atoms with E-state index in [0.29, 0.717) is 12.5 Å². The van der Waals surface area contributed by atoms with E-state index in [1.807, 2.05) is 0 Å². The number of halogens is 2. The summed E-state index contributed by atoms with van der Waals surface area (Å²) in [7, 11) is 0. The van der Waals surface area contributed by atoms with Gasteiger partial charge in [0, 0.05) is 10.8 Å². The average molecular weight is 182 g/mol. The molecule has 0 amide bonds. The van der Waals surface area contributed by atoms with E-state index in [0.717, 1.165) is 19.3 Å². The topological polar surface area (TPSA) is 26.0 Å². The Balaban J connectivity index is 2.36. The maximum absolute atomic E-state index is 6.01. The molecule has 0 aliphatic heterocycles. The summed E-state index contributed by atoms with van der Waals surface area (Å²) in [5.41, 5.74) is 5.51. The van der Waals surface area contributed by atoms with Crippen LogP contribution in [0.4, 0.5) is 0 Å².